The van der Waals surface area contributed by atoms with Gasteiger partial charge in [-0.15, -0.1) is 0 Å². The largest absolute Gasteiger partial charge is 0.241 e. The first-order valence-electron chi connectivity index (χ1n) is 9.66. The molecule has 0 aliphatic rings. The fraction of sp³-hybridized carbons (Fsp3) is 0.800. The summed E-state index contributed by atoms with van der Waals surface area (Å²) in [7, 11) is 0. The van der Waals surface area contributed by atoms with E-state index in [9.17, 15) is 0 Å². The second-order valence-electron chi connectivity index (χ2n) is 6.54. The van der Waals surface area contributed by atoms with Crippen molar-refractivity contribution in [1.29, 1.82) is 0 Å². The molecule has 0 saturated heterocycles. The monoisotopic (exact) mass is 304 g/mol. The van der Waals surface area contributed by atoms with Gasteiger partial charge < -0.3 is 0 Å². The highest BCUT2D eigenvalue weighted by molar-refractivity contribution is 5.08. The smallest absolute Gasteiger partial charge is 0.115 e. The van der Waals surface area contributed by atoms with Crippen molar-refractivity contribution in [3.8, 4) is 0 Å². The average molecular weight is 305 g/mol. The first kappa shape index (κ1) is 19.1. The van der Waals surface area contributed by atoms with Crippen LogP contribution in [0.15, 0.2) is 12.4 Å². The van der Waals surface area contributed by atoms with Gasteiger partial charge in [0.15, 0.2) is 0 Å². The molecule has 2 nitrogen and oxygen atoms in total. The van der Waals surface area contributed by atoms with Crippen LogP contribution >= 0.6 is 0 Å². The van der Waals surface area contributed by atoms with Crippen molar-refractivity contribution in [2.75, 3.05) is 0 Å². The molecule has 1 aromatic heterocycles. The predicted octanol–water partition coefficient (Wildman–Crippen LogP) is 6.28. The van der Waals surface area contributed by atoms with Crippen LogP contribution in [0.4, 0.5) is 0 Å². The summed E-state index contributed by atoms with van der Waals surface area (Å²) in [4.78, 5) is 8.86. The number of aryl methyl sites for hydroxylation is 2. The van der Waals surface area contributed by atoms with Crippen molar-refractivity contribution < 1.29 is 0 Å². The van der Waals surface area contributed by atoms with Crippen LogP contribution in [-0.2, 0) is 12.8 Å². The van der Waals surface area contributed by atoms with Gasteiger partial charge in [0.25, 0.3) is 0 Å². The standard InChI is InChI=1S/C20H36N2/c1-3-5-7-9-11-13-15-19-17-20(22-18-21-19)16-14-12-10-8-6-4-2/h17-18H,3-16H2,1-2H3. The number of rotatable bonds is 14. The van der Waals surface area contributed by atoms with Crippen LogP contribution in [-0.4, -0.2) is 9.97 Å². The minimum absolute atomic E-state index is 1.12. The molecule has 0 aliphatic heterocycles. The van der Waals surface area contributed by atoms with Crippen LogP contribution in [0, 0.1) is 0 Å². The van der Waals surface area contributed by atoms with E-state index in [-0.39, 0.29) is 0 Å². The highest BCUT2D eigenvalue weighted by atomic mass is 14.8. The van der Waals surface area contributed by atoms with Gasteiger partial charge in [-0.25, -0.2) is 9.97 Å². The number of aromatic nitrogens is 2. The van der Waals surface area contributed by atoms with Crippen molar-refractivity contribution in [1.82, 2.24) is 9.97 Å². The summed E-state index contributed by atoms with van der Waals surface area (Å²) in [5.41, 5.74) is 2.48. The van der Waals surface area contributed by atoms with Crippen LogP contribution in [0.1, 0.15) is 102 Å². The molecule has 0 aliphatic carbocycles. The molecule has 126 valence electrons. The summed E-state index contributed by atoms with van der Waals surface area (Å²) >= 11 is 0. The van der Waals surface area contributed by atoms with E-state index in [1.54, 1.807) is 6.33 Å². The van der Waals surface area contributed by atoms with Crippen LogP contribution in [0.2, 0.25) is 0 Å². The van der Waals surface area contributed by atoms with E-state index < -0.39 is 0 Å². The Balaban J connectivity index is 2.13. The summed E-state index contributed by atoms with van der Waals surface area (Å²) in [6, 6.07) is 2.23. The number of hydrogen-bond donors (Lipinski definition) is 0. The maximum absolute atomic E-state index is 4.43. The summed E-state index contributed by atoms with van der Waals surface area (Å²) < 4.78 is 0. The van der Waals surface area contributed by atoms with Crippen LogP contribution < -0.4 is 0 Å². The first-order chi connectivity index (χ1) is 10.9. The topological polar surface area (TPSA) is 25.8 Å². The fourth-order valence-corrected chi connectivity index (χ4v) is 2.89. The lowest BCUT2D eigenvalue weighted by molar-refractivity contribution is 0.599. The second kappa shape index (κ2) is 13.7. The molecule has 0 unspecified atom stereocenters. The molecule has 1 aromatic rings. The van der Waals surface area contributed by atoms with E-state index in [0.717, 1.165) is 12.8 Å². The van der Waals surface area contributed by atoms with Gasteiger partial charge in [-0.2, -0.15) is 0 Å². The third-order valence-electron chi connectivity index (χ3n) is 4.35. The number of unbranched alkanes of at least 4 members (excludes halogenated alkanes) is 10. The zero-order valence-corrected chi connectivity index (χ0v) is 14.9. The highest BCUT2D eigenvalue weighted by Gasteiger charge is 2.00. The van der Waals surface area contributed by atoms with Crippen molar-refractivity contribution in [3.63, 3.8) is 0 Å². The molecular formula is C20H36N2. The summed E-state index contributed by atoms with van der Waals surface area (Å²) in [5.74, 6) is 0. The Kier molecular flexibility index (Phi) is 11.9. The molecule has 0 spiro atoms. The van der Waals surface area contributed by atoms with Crippen molar-refractivity contribution in [2.45, 2.75) is 104 Å². The van der Waals surface area contributed by atoms with E-state index in [1.165, 1.54) is 88.4 Å². The quantitative estimate of drug-likeness (QED) is 0.378. The minimum Gasteiger partial charge on any atom is -0.241 e. The zero-order valence-electron chi connectivity index (χ0n) is 14.9. The van der Waals surface area contributed by atoms with Crippen molar-refractivity contribution in [2.24, 2.45) is 0 Å². The predicted molar refractivity (Wildman–Crippen MR) is 96.2 cm³/mol. The molecule has 0 amide bonds. The Morgan fingerprint density at radius 3 is 1.45 bits per heavy atom. The number of nitrogens with zero attached hydrogens (tertiary/aromatic N) is 2. The Morgan fingerprint density at radius 1 is 0.591 bits per heavy atom. The van der Waals surface area contributed by atoms with E-state index >= 15 is 0 Å². The SMILES string of the molecule is CCCCCCCCc1cc(CCCCCCCC)ncn1. The van der Waals surface area contributed by atoms with Crippen molar-refractivity contribution in [3.05, 3.63) is 23.8 Å². The normalized spacial score (nSPS) is 11.0. The molecule has 2 heteroatoms. The van der Waals surface area contributed by atoms with Crippen LogP contribution in [0.25, 0.3) is 0 Å². The van der Waals surface area contributed by atoms with E-state index in [1.807, 2.05) is 0 Å². The lowest BCUT2D eigenvalue weighted by Gasteiger charge is -2.04. The van der Waals surface area contributed by atoms with E-state index in [4.69, 9.17) is 0 Å². The summed E-state index contributed by atoms with van der Waals surface area (Å²) in [6.07, 6.45) is 20.2. The third-order valence-corrected chi connectivity index (χ3v) is 4.35. The second-order valence-corrected chi connectivity index (χ2v) is 6.54. The maximum Gasteiger partial charge on any atom is 0.115 e. The van der Waals surface area contributed by atoms with Gasteiger partial charge in [-0.1, -0.05) is 78.1 Å². The van der Waals surface area contributed by atoms with Gasteiger partial charge >= 0.3 is 0 Å². The van der Waals surface area contributed by atoms with E-state index in [0.29, 0.717) is 0 Å². The van der Waals surface area contributed by atoms with Gasteiger partial charge in [-0.3, -0.25) is 0 Å². The third kappa shape index (κ3) is 9.92. The lowest BCUT2D eigenvalue weighted by Crippen LogP contribution is -1.97. The molecule has 0 bridgehead atoms. The molecule has 0 N–H and O–H groups in total. The molecule has 1 heterocycles. The molecule has 0 atom stereocenters. The van der Waals surface area contributed by atoms with Crippen LogP contribution in [0.5, 0.6) is 0 Å². The van der Waals surface area contributed by atoms with Gasteiger partial charge in [0.1, 0.15) is 6.33 Å². The van der Waals surface area contributed by atoms with Gasteiger partial charge in [0, 0.05) is 11.4 Å². The molecular weight excluding hydrogens is 268 g/mol. The molecule has 0 radical (unpaired) electrons. The van der Waals surface area contributed by atoms with E-state index in [2.05, 4.69) is 29.9 Å². The summed E-state index contributed by atoms with van der Waals surface area (Å²) in [5, 5.41) is 0. The Bertz CT molecular complexity index is 331. The van der Waals surface area contributed by atoms with Gasteiger partial charge in [0.05, 0.1) is 0 Å². The molecule has 22 heavy (non-hydrogen) atoms. The summed E-state index contributed by atoms with van der Waals surface area (Å²) in [6.45, 7) is 4.54. The zero-order chi connectivity index (χ0) is 15.9. The Labute approximate surface area is 138 Å². The van der Waals surface area contributed by atoms with Crippen molar-refractivity contribution >= 4 is 0 Å². The molecule has 0 fully saturated rings. The van der Waals surface area contributed by atoms with Crippen LogP contribution in [0.3, 0.4) is 0 Å². The number of hydrogen-bond acceptors (Lipinski definition) is 2. The first-order valence-corrected chi connectivity index (χ1v) is 9.66. The minimum atomic E-state index is 1.12. The molecule has 1 rings (SSSR count). The van der Waals surface area contributed by atoms with Gasteiger partial charge in [0.2, 0.25) is 0 Å². The lowest BCUT2D eigenvalue weighted by atomic mass is 10.1. The average Bonchev–Trinajstić information content (AvgIpc) is 2.54. The highest BCUT2D eigenvalue weighted by Crippen LogP contribution is 2.11. The Hall–Kier alpha value is -0.920. The molecule has 0 saturated carbocycles. The maximum atomic E-state index is 4.43. The Morgan fingerprint density at radius 2 is 1.00 bits per heavy atom. The van der Waals surface area contributed by atoms with Gasteiger partial charge in [-0.05, 0) is 31.7 Å². The fourth-order valence-electron chi connectivity index (χ4n) is 2.89. The molecule has 0 aromatic carbocycles.